The Morgan fingerprint density at radius 1 is 0.388 bits per heavy atom. The van der Waals surface area contributed by atoms with Gasteiger partial charge in [-0.15, -0.1) is 11.1 Å². The Bertz CT molecular complexity index is 3560. The highest BCUT2D eigenvalue weighted by molar-refractivity contribution is 6.84. The van der Waals surface area contributed by atoms with Crippen LogP contribution < -0.4 is 0 Å². The highest BCUT2D eigenvalue weighted by atomic mass is 28.3. The lowest BCUT2D eigenvalue weighted by molar-refractivity contribution is 0.180. The first-order valence-electron chi connectivity index (χ1n) is 27.7. The number of hydrogen-bond acceptors (Lipinski definition) is 6. The summed E-state index contributed by atoms with van der Waals surface area (Å²) < 4.78 is 24.3. The number of ether oxygens (including phenoxy) is 4. The lowest BCUT2D eigenvalue weighted by atomic mass is 9.82. The van der Waals surface area contributed by atoms with Gasteiger partial charge in [0.15, 0.2) is 0 Å². The van der Waals surface area contributed by atoms with Crippen LogP contribution in [0.1, 0.15) is 109 Å². The van der Waals surface area contributed by atoms with E-state index in [9.17, 15) is 0 Å². The molecule has 5 heterocycles. The second-order valence-electron chi connectivity index (χ2n) is 25.2. The lowest BCUT2D eigenvalue weighted by Gasteiger charge is -2.24. The Hall–Kier alpha value is -7.13. The number of fused-ring (bicyclic) bond motifs is 8. The van der Waals surface area contributed by atoms with Gasteiger partial charge in [0.2, 0.25) is 0 Å². The summed E-state index contributed by atoms with van der Waals surface area (Å²) in [6.07, 6.45) is 8.62. The minimum Gasteiger partial charge on any atom is -0.380 e. The van der Waals surface area contributed by atoms with E-state index in [4.69, 9.17) is 28.9 Å². The fourth-order valence-electron chi connectivity index (χ4n) is 10.4. The van der Waals surface area contributed by atoms with E-state index in [1.807, 2.05) is 0 Å². The molecule has 0 unspecified atom stereocenters. The maximum atomic E-state index is 6.07. The molecule has 80 heavy (non-hydrogen) atoms. The third-order valence-corrected chi connectivity index (χ3v) is 16.0. The quantitative estimate of drug-likeness (QED) is 0.0935. The lowest BCUT2D eigenvalue weighted by Crippen LogP contribution is -2.16. The average Bonchev–Trinajstić information content (AvgIpc) is 4.27. The predicted octanol–water partition coefficient (Wildman–Crippen LogP) is 17.0. The van der Waals surface area contributed by atoms with E-state index in [-0.39, 0.29) is 10.8 Å². The molecule has 8 nitrogen and oxygen atoms in total. The second-order valence-corrected chi connectivity index (χ2v) is 34.7. The SMILES string of the molecule is COCc1cc(C(C)(C)C)cc(COC)c1-c1c2nc(c(-c3ccc(C#C[Si](C)(C)C)cc3)c3ccc([nH]3)c(-c3c(COC)cc(C(C)(C)C)cc3COC)c3nc(c(-c4ccc(C#C[Si](C)(C)C)cc4)c4ccc1[nH]4)C=C3)C=C2. The first-order valence-corrected chi connectivity index (χ1v) is 34.7. The highest BCUT2D eigenvalue weighted by Crippen LogP contribution is 2.44. The van der Waals surface area contributed by atoms with Crippen LogP contribution in [0.4, 0.5) is 0 Å². The minimum absolute atomic E-state index is 0.135. The molecule has 7 aromatic rings. The first-order chi connectivity index (χ1) is 38.0. The summed E-state index contributed by atoms with van der Waals surface area (Å²) >= 11 is 0. The summed E-state index contributed by atoms with van der Waals surface area (Å²) in [6.45, 7) is 28.7. The fourth-order valence-corrected chi connectivity index (χ4v) is 11.5. The summed E-state index contributed by atoms with van der Waals surface area (Å²) in [5.41, 5.74) is 30.0. The van der Waals surface area contributed by atoms with Gasteiger partial charge in [0.05, 0.1) is 49.2 Å². The molecule has 0 saturated carbocycles. The Morgan fingerprint density at radius 3 is 0.925 bits per heavy atom. The van der Waals surface area contributed by atoms with Gasteiger partial charge in [0.25, 0.3) is 0 Å². The van der Waals surface area contributed by atoms with Crippen LogP contribution in [-0.2, 0) is 56.2 Å². The number of H-pyrrole nitrogens is 2. The molecule has 3 aromatic heterocycles. The summed E-state index contributed by atoms with van der Waals surface area (Å²) in [5, 5.41) is 0. The molecular weight excluding hydrogens is 1020 g/mol. The van der Waals surface area contributed by atoms with Crippen LogP contribution in [0.15, 0.2) is 97.1 Å². The zero-order valence-corrected chi connectivity index (χ0v) is 51.9. The van der Waals surface area contributed by atoms with Crippen molar-refractivity contribution in [1.29, 1.82) is 0 Å². The smallest absolute Gasteiger partial charge is 0.129 e. The Labute approximate surface area is 477 Å². The molecular formula is C70H78N4O4Si2. The van der Waals surface area contributed by atoms with Crippen LogP contribution in [-0.4, -0.2) is 64.5 Å². The van der Waals surface area contributed by atoms with Crippen LogP contribution in [0.2, 0.25) is 39.3 Å². The van der Waals surface area contributed by atoms with Crippen LogP contribution >= 0.6 is 0 Å². The number of nitrogens with zero attached hydrogens (tertiary/aromatic N) is 2. The Morgan fingerprint density at radius 2 is 0.662 bits per heavy atom. The number of nitrogens with one attached hydrogen (secondary N) is 2. The summed E-state index contributed by atoms with van der Waals surface area (Å²) in [5.74, 6) is 6.95. The normalized spacial score (nSPS) is 12.6. The van der Waals surface area contributed by atoms with Gasteiger partial charge in [0.1, 0.15) is 16.1 Å². The molecule has 2 N–H and O–H groups in total. The standard InChI is InChI=1S/C70H78N4O4Si2/c1-69(2,3)53-37-49(41-75-7)63(50(38-53)42-76-8)67-59-29-25-55(71-59)65(47-21-17-45(18-22-47)33-35-79(11,12)13)57-27-31-61(73-57)68(64-51(43-77-9)39-54(70(4,5)6)40-52(64)44-78-10)62-32-28-58(74-62)66(56-26-30-60(67)72-56)48-23-19-46(20-24-48)34-36-80(14,15)16/h17-32,37-40,71,74H,41-44H2,1-16H3. The molecule has 0 fully saturated rings. The van der Waals surface area contributed by atoms with Crippen LogP contribution in [0.5, 0.6) is 0 Å². The molecule has 0 atom stereocenters. The molecule has 2 aliphatic heterocycles. The molecule has 10 heteroatoms. The van der Waals surface area contributed by atoms with Gasteiger partial charge in [-0.2, -0.15) is 0 Å². The first kappa shape index (κ1) is 57.6. The molecule has 9 rings (SSSR count). The molecule has 0 amide bonds. The van der Waals surface area contributed by atoms with Crippen molar-refractivity contribution in [3.8, 4) is 67.4 Å². The van der Waals surface area contributed by atoms with Gasteiger partial charge in [0, 0.05) is 83.9 Å². The van der Waals surface area contributed by atoms with E-state index >= 15 is 0 Å². The van der Waals surface area contributed by atoms with Crippen molar-refractivity contribution in [2.75, 3.05) is 28.4 Å². The molecule has 4 aromatic carbocycles. The van der Waals surface area contributed by atoms with E-state index in [1.165, 1.54) is 11.1 Å². The number of hydrogen-bond donors (Lipinski definition) is 2. The monoisotopic (exact) mass is 1090 g/mol. The summed E-state index contributed by atoms with van der Waals surface area (Å²) in [7, 11) is 3.80. The van der Waals surface area contributed by atoms with Crippen molar-refractivity contribution in [3.63, 3.8) is 0 Å². The fraction of sp³-hybridized carbons (Fsp3) is 0.314. The molecule has 0 aliphatic carbocycles. The maximum Gasteiger partial charge on any atom is 0.129 e. The molecule has 0 saturated heterocycles. The number of aromatic nitrogens is 4. The van der Waals surface area contributed by atoms with Crippen molar-refractivity contribution in [3.05, 3.63) is 164 Å². The molecule has 0 spiro atoms. The van der Waals surface area contributed by atoms with E-state index in [2.05, 4.69) is 235 Å². The summed E-state index contributed by atoms with van der Waals surface area (Å²) in [4.78, 5) is 19.4. The molecule has 0 radical (unpaired) electrons. The van der Waals surface area contributed by atoms with Crippen molar-refractivity contribution in [2.24, 2.45) is 0 Å². The molecule has 8 bridgehead atoms. The van der Waals surface area contributed by atoms with Crippen molar-refractivity contribution >= 4 is 62.5 Å². The third kappa shape index (κ3) is 12.7. The predicted molar refractivity (Wildman–Crippen MR) is 341 cm³/mol. The average molecular weight is 1100 g/mol. The van der Waals surface area contributed by atoms with E-state index in [0.29, 0.717) is 26.4 Å². The van der Waals surface area contributed by atoms with Gasteiger partial charge in [-0.3, -0.25) is 0 Å². The van der Waals surface area contributed by atoms with Gasteiger partial charge in [-0.25, -0.2) is 9.97 Å². The molecule has 2 aliphatic rings. The zero-order valence-electron chi connectivity index (χ0n) is 49.9. The van der Waals surface area contributed by atoms with E-state index < -0.39 is 16.1 Å². The van der Waals surface area contributed by atoms with Crippen LogP contribution in [0.3, 0.4) is 0 Å². The van der Waals surface area contributed by atoms with Crippen molar-refractivity contribution in [2.45, 2.75) is 118 Å². The second kappa shape index (κ2) is 23.2. The Kier molecular flexibility index (Phi) is 16.7. The number of rotatable bonds is 12. The van der Waals surface area contributed by atoms with Crippen LogP contribution in [0, 0.1) is 22.9 Å². The van der Waals surface area contributed by atoms with Gasteiger partial charge >= 0.3 is 0 Å². The minimum atomic E-state index is -1.62. The van der Waals surface area contributed by atoms with Gasteiger partial charge < -0.3 is 28.9 Å². The number of methoxy groups -OCH3 is 4. The largest absolute Gasteiger partial charge is 0.380 e. The van der Waals surface area contributed by atoms with E-state index in [0.717, 1.165) is 123 Å². The molecule has 410 valence electrons. The summed E-state index contributed by atoms with van der Waals surface area (Å²) in [6, 6.07) is 35.1. The zero-order chi connectivity index (χ0) is 57.3. The van der Waals surface area contributed by atoms with Gasteiger partial charge in [-0.05, 0) is 139 Å². The highest BCUT2D eigenvalue weighted by Gasteiger charge is 2.27. The van der Waals surface area contributed by atoms with E-state index in [1.54, 1.807) is 28.4 Å². The van der Waals surface area contributed by atoms with Crippen molar-refractivity contribution < 1.29 is 18.9 Å². The van der Waals surface area contributed by atoms with Crippen molar-refractivity contribution in [1.82, 2.24) is 19.9 Å². The topological polar surface area (TPSA) is 94.3 Å². The number of benzene rings is 4. The third-order valence-electron chi connectivity index (χ3n) is 14.3. The number of aromatic amines is 2. The van der Waals surface area contributed by atoms with Crippen LogP contribution in [0.25, 0.3) is 90.9 Å². The Balaban J connectivity index is 1.49. The van der Waals surface area contributed by atoms with Gasteiger partial charge in [-0.1, -0.05) is 141 Å². The maximum absolute atomic E-state index is 6.07.